The molecular formula is C19H15ClFN3O. The Kier molecular flexibility index (Phi) is 4.01. The summed E-state index contributed by atoms with van der Waals surface area (Å²) in [5, 5.41) is 4.87. The number of carbonyl (C=O) groups is 1. The fourth-order valence-electron chi connectivity index (χ4n) is 2.97. The Labute approximate surface area is 149 Å². The molecule has 0 N–H and O–H groups in total. The second kappa shape index (κ2) is 6.33. The summed E-state index contributed by atoms with van der Waals surface area (Å²) >= 11 is 5.90. The molecule has 1 amide bonds. The van der Waals surface area contributed by atoms with Crippen LogP contribution < -0.4 is 0 Å². The summed E-state index contributed by atoms with van der Waals surface area (Å²) in [7, 11) is 0. The zero-order valence-corrected chi connectivity index (χ0v) is 14.0. The van der Waals surface area contributed by atoms with Crippen molar-refractivity contribution in [2.24, 2.45) is 0 Å². The Morgan fingerprint density at radius 2 is 1.92 bits per heavy atom. The summed E-state index contributed by atoms with van der Waals surface area (Å²) in [6.07, 6.45) is 3.15. The van der Waals surface area contributed by atoms with Crippen molar-refractivity contribution in [3.63, 3.8) is 0 Å². The molecule has 2 heterocycles. The molecule has 126 valence electrons. The normalized spacial score (nSPS) is 14.4. The highest BCUT2D eigenvalue weighted by Gasteiger charge is 2.32. The van der Waals surface area contributed by atoms with Crippen LogP contribution in [0.3, 0.4) is 0 Å². The topological polar surface area (TPSA) is 38.1 Å². The van der Waals surface area contributed by atoms with Crippen LogP contribution in [0.15, 0.2) is 60.9 Å². The van der Waals surface area contributed by atoms with Crippen molar-refractivity contribution in [2.75, 3.05) is 13.1 Å². The standard InChI is InChI=1S/C19H15ClFN3O/c20-16-6-4-13(5-7-16)15-10-23(11-15)19(25)14-9-22-24(12-14)18-3-1-2-17(21)8-18/h1-9,12,15H,10-11H2. The van der Waals surface area contributed by atoms with E-state index >= 15 is 0 Å². The molecule has 3 aromatic rings. The molecule has 1 fully saturated rings. The maximum absolute atomic E-state index is 13.3. The third-order valence-corrected chi connectivity index (χ3v) is 4.66. The van der Waals surface area contributed by atoms with Crippen LogP contribution in [-0.4, -0.2) is 33.7 Å². The number of benzene rings is 2. The Morgan fingerprint density at radius 1 is 1.16 bits per heavy atom. The fraction of sp³-hybridized carbons (Fsp3) is 0.158. The maximum Gasteiger partial charge on any atom is 0.257 e. The Bertz CT molecular complexity index is 916. The number of hydrogen-bond acceptors (Lipinski definition) is 2. The van der Waals surface area contributed by atoms with Gasteiger partial charge in [-0.2, -0.15) is 5.10 Å². The molecule has 0 unspecified atom stereocenters. The molecule has 0 aliphatic carbocycles. The van der Waals surface area contributed by atoms with Crippen LogP contribution in [0.2, 0.25) is 5.02 Å². The number of rotatable bonds is 3. The van der Waals surface area contributed by atoms with E-state index in [1.807, 2.05) is 24.3 Å². The van der Waals surface area contributed by atoms with E-state index in [0.717, 1.165) is 0 Å². The van der Waals surface area contributed by atoms with E-state index < -0.39 is 0 Å². The molecule has 2 aromatic carbocycles. The van der Waals surface area contributed by atoms with E-state index in [2.05, 4.69) is 5.10 Å². The first-order valence-electron chi connectivity index (χ1n) is 7.95. The first-order valence-corrected chi connectivity index (χ1v) is 8.33. The lowest BCUT2D eigenvalue weighted by Crippen LogP contribution is -2.48. The number of hydrogen-bond donors (Lipinski definition) is 0. The second-order valence-electron chi connectivity index (χ2n) is 6.11. The van der Waals surface area contributed by atoms with Crippen molar-refractivity contribution in [1.82, 2.24) is 14.7 Å². The van der Waals surface area contributed by atoms with Gasteiger partial charge in [0.05, 0.1) is 17.4 Å². The lowest BCUT2D eigenvalue weighted by molar-refractivity contribution is 0.0602. The van der Waals surface area contributed by atoms with E-state index in [4.69, 9.17) is 11.6 Å². The first kappa shape index (κ1) is 15.8. The van der Waals surface area contributed by atoms with Crippen molar-refractivity contribution < 1.29 is 9.18 Å². The van der Waals surface area contributed by atoms with E-state index in [1.165, 1.54) is 28.6 Å². The second-order valence-corrected chi connectivity index (χ2v) is 6.55. The SMILES string of the molecule is O=C(c1cnn(-c2cccc(F)c2)c1)N1CC(c2ccc(Cl)cc2)C1. The zero-order valence-electron chi connectivity index (χ0n) is 13.3. The van der Waals surface area contributed by atoms with Gasteiger partial charge in [0, 0.05) is 30.2 Å². The molecule has 1 aromatic heterocycles. The minimum Gasteiger partial charge on any atom is -0.337 e. The van der Waals surface area contributed by atoms with Gasteiger partial charge in [0.15, 0.2) is 0 Å². The van der Waals surface area contributed by atoms with Crippen molar-refractivity contribution in [1.29, 1.82) is 0 Å². The highest BCUT2D eigenvalue weighted by Crippen LogP contribution is 2.29. The molecule has 4 rings (SSSR count). The van der Waals surface area contributed by atoms with Crippen LogP contribution in [0.25, 0.3) is 5.69 Å². The highest BCUT2D eigenvalue weighted by atomic mass is 35.5. The van der Waals surface area contributed by atoms with Gasteiger partial charge in [0.1, 0.15) is 5.82 Å². The lowest BCUT2D eigenvalue weighted by Gasteiger charge is -2.39. The molecular weight excluding hydrogens is 341 g/mol. The molecule has 0 saturated carbocycles. The summed E-state index contributed by atoms with van der Waals surface area (Å²) in [6, 6.07) is 13.8. The van der Waals surface area contributed by atoms with E-state index in [0.29, 0.717) is 35.3 Å². The van der Waals surface area contributed by atoms with Crippen molar-refractivity contribution in [3.05, 3.63) is 82.9 Å². The van der Waals surface area contributed by atoms with Crippen LogP contribution in [0.5, 0.6) is 0 Å². The van der Waals surface area contributed by atoms with Gasteiger partial charge in [-0.15, -0.1) is 0 Å². The van der Waals surface area contributed by atoms with Gasteiger partial charge in [-0.25, -0.2) is 9.07 Å². The molecule has 0 bridgehead atoms. The summed E-state index contributed by atoms with van der Waals surface area (Å²) in [5.74, 6) is -0.0678. The van der Waals surface area contributed by atoms with Crippen LogP contribution in [-0.2, 0) is 0 Å². The first-order chi connectivity index (χ1) is 12.1. The number of carbonyl (C=O) groups excluding carboxylic acids is 1. The average Bonchev–Trinajstić information content (AvgIpc) is 3.05. The fourth-order valence-corrected chi connectivity index (χ4v) is 3.09. The summed E-state index contributed by atoms with van der Waals surface area (Å²) in [5.41, 5.74) is 2.27. The van der Waals surface area contributed by atoms with E-state index in [9.17, 15) is 9.18 Å². The number of nitrogens with zero attached hydrogens (tertiary/aromatic N) is 3. The zero-order chi connectivity index (χ0) is 17.4. The minimum absolute atomic E-state index is 0.0622. The van der Waals surface area contributed by atoms with Gasteiger partial charge in [-0.3, -0.25) is 4.79 Å². The van der Waals surface area contributed by atoms with Gasteiger partial charge in [-0.1, -0.05) is 29.8 Å². The van der Waals surface area contributed by atoms with E-state index in [-0.39, 0.29) is 11.7 Å². The third kappa shape index (κ3) is 3.15. The summed E-state index contributed by atoms with van der Waals surface area (Å²) in [6.45, 7) is 1.34. The van der Waals surface area contributed by atoms with Gasteiger partial charge in [0.25, 0.3) is 5.91 Å². The molecule has 1 aliphatic heterocycles. The van der Waals surface area contributed by atoms with Gasteiger partial charge >= 0.3 is 0 Å². The Hall–Kier alpha value is -2.66. The quantitative estimate of drug-likeness (QED) is 0.714. The van der Waals surface area contributed by atoms with Crippen LogP contribution in [0, 0.1) is 5.82 Å². The lowest BCUT2D eigenvalue weighted by atomic mass is 9.91. The molecule has 6 heteroatoms. The molecule has 1 saturated heterocycles. The van der Waals surface area contributed by atoms with Crippen molar-refractivity contribution in [3.8, 4) is 5.69 Å². The van der Waals surface area contributed by atoms with Crippen molar-refractivity contribution in [2.45, 2.75) is 5.92 Å². The predicted molar refractivity (Wildman–Crippen MR) is 93.6 cm³/mol. The molecule has 4 nitrogen and oxygen atoms in total. The van der Waals surface area contributed by atoms with Gasteiger partial charge in [0.2, 0.25) is 0 Å². The average molecular weight is 356 g/mol. The van der Waals surface area contributed by atoms with Crippen molar-refractivity contribution >= 4 is 17.5 Å². The molecule has 0 spiro atoms. The van der Waals surface area contributed by atoms with Crippen LogP contribution in [0.4, 0.5) is 4.39 Å². The number of halogens is 2. The van der Waals surface area contributed by atoms with Crippen LogP contribution in [0.1, 0.15) is 21.8 Å². The minimum atomic E-state index is -0.338. The molecule has 0 radical (unpaired) electrons. The Morgan fingerprint density at radius 3 is 2.64 bits per heavy atom. The van der Waals surface area contributed by atoms with Gasteiger partial charge in [-0.05, 0) is 35.9 Å². The highest BCUT2D eigenvalue weighted by molar-refractivity contribution is 6.30. The van der Waals surface area contributed by atoms with Gasteiger partial charge < -0.3 is 4.90 Å². The largest absolute Gasteiger partial charge is 0.337 e. The van der Waals surface area contributed by atoms with E-state index in [1.54, 1.807) is 23.2 Å². The summed E-state index contributed by atoms with van der Waals surface area (Å²) < 4.78 is 14.8. The third-order valence-electron chi connectivity index (χ3n) is 4.41. The molecule has 25 heavy (non-hydrogen) atoms. The summed E-state index contributed by atoms with van der Waals surface area (Å²) in [4.78, 5) is 14.3. The predicted octanol–water partition coefficient (Wildman–Crippen LogP) is 3.90. The number of aromatic nitrogens is 2. The molecule has 1 aliphatic rings. The monoisotopic (exact) mass is 355 g/mol. The van der Waals surface area contributed by atoms with Crippen LogP contribution >= 0.6 is 11.6 Å². The Balaban J connectivity index is 1.44. The molecule has 0 atom stereocenters. The smallest absolute Gasteiger partial charge is 0.257 e. The number of likely N-dealkylation sites (tertiary alicyclic amines) is 1. The maximum atomic E-state index is 13.3. The number of amides is 1.